The summed E-state index contributed by atoms with van der Waals surface area (Å²) >= 11 is 12.3. The monoisotopic (exact) mass is 408 g/mol. The highest BCUT2D eigenvalue weighted by molar-refractivity contribution is 6.36. The van der Waals surface area contributed by atoms with E-state index in [2.05, 4.69) is 15.3 Å². The number of aromatic amines is 1. The van der Waals surface area contributed by atoms with Crippen molar-refractivity contribution >= 4 is 35.0 Å². The number of piperidine rings is 1. The van der Waals surface area contributed by atoms with Gasteiger partial charge in [-0.3, -0.25) is 14.4 Å². The SMILES string of the molecule is CN1C[C@H](NC(=O)c2cnc(Cc3c(Cl)cccc3Cl)[nH]c2=O)CCC1=O. The summed E-state index contributed by atoms with van der Waals surface area (Å²) in [4.78, 5) is 44.5. The van der Waals surface area contributed by atoms with Crippen molar-refractivity contribution in [3.05, 3.63) is 61.7 Å². The third kappa shape index (κ3) is 4.48. The van der Waals surface area contributed by atoms with Crippen LogP contribution in [0.1, 0.15) is 34.6 Å². The van der Waals surface area contributed by atoms with E-state index in [1.165, 1.54) is 6.20 Å². The van der Waals surface area contributed by atoms with Gasteiger partial charge in [0.05, 0.1) is 0 Å². The molecule has 0 bridgehead atoms. The highest BCUT2D eigenvalue weighted by Gasteiger charge is 2.25. The molecule has 0 spiro atoms. The number of likely N-dealkylation sites (N-methyl/N-ethyl adjacent to an activating group) is 1. The third-order valence-electron chi connectivity index (χ3n) is 4.46. The van der Waals surface area contributed by atoms with E-state index in [0.717, 1.165) is 0 Å². The van der Waals surface area contributed by atoms with Crippen LogP contribution in [0.4, 0.5) is 0 Å². The lowest BCUT2D eigenvalue weighted by atomic mass is 10.1. The Balaban J connectivity index is 1.72. The van der Waals surface area contributed by atoms with Crippen molar-refractivity contribution in [1.29, 1.82) is 0 Å². The van der Waals surface area contributed by atoms with E-state index in [9.17, 15) is 14.4 Å². The number of hydrogen-bond acceptors (Lipinski definition) is 4. The molecule has 1 saturated heterocycles. The van der Waals surface area contributed by atoms with Gasteiger partial charge in [-0.25, -0.2) is 4.98 Å². The summed E-state index contributed by atoms with van der Waals surface area (Å²) in [7, 11) is 1.68. The Labute approximate surface area is 165 Å². The number of aromatic nitrogens is 2. The second-order valence-electron chi connectivity index (χ2n) is 6.43. The lowest BCUT2D eigenvalue weighted by Gasteiger charge is -2.30. The first-order valence-electron chi connectivity index (χ1n) is 8.41. The third-order valence-corrected chi connectivity index (χ3v) is 5.17. The summed E-state index contributed by atoms with van der Waals surface area (Å²) in [6.45, 7) is 0.416. The average molecular weight is 409 g/mol. The van der Waals surface area contributed by atoms with E-state index in [-0.39, 0.29) is 23.9 Å². The second-order valence-corrected chi connectivity index (χ2v) is 7.25. The van der Waals surface area contributed by atoms with Crippen molar-refractivity contribution in [2.24, 2.45) is 0 Å². The van der Waals surface area contributed by atoms with Gasteiger partial charge in [-0.05, 0) is 24.1 Å². The number of H-pyrrole nitrogens is 1. The molecule has 1 aromatic heterocycles. The normalized spacial score (nSPS) is 17.1. The number of rotatable bonds is 4. The zero-order valence-electron chi connectivity index (χ0n) is 14.6. The predicted molar refractivity (Wildman–Crippen MR) is 102 cm³/mol. The molecule has 1 fully saturated rings. The maximum atomic E-state index is 12.4. The number of likely N-dealkylation sites (tertiary alicyclic amines) is 1. The van der Waals surface area contributed by atoms with Crippen LogP contribution >= 0.6 is 23.2 Å². The molecule has 1 aromatic carbocycles. The summed E-state index contributed by atoms with van der Waals surface area (Å²) in [6, 6.07) is 4.94. The number of nitrogens with one attached hydrogen (secondary N) is 2. The summed E-state index contributed by atoms with van der Waals surface area (Å²) in [5, 5.41) is 3.73. The van der Waals surface area contributed by atoms with Crippen LogP contribution in [-0.4, -0.2) is 46.3 Å². The van der Waals surface area contributed by atoms with Crippen LogP contribution in [0.2, 0.25) is 10.0 Å². The molecule has 7 nitrogen and oxygen atoms in total. The molecule has 2 N–H and O–H groups in total. The summed E-state index contributed by atoms with van der Waals surface area (Å²) in [5.41, 5.74) is 0.0283. The van der Waals surface area contributed by atoms with Crippen LogP contribution in [-0.2, 0) is 11.2 Å². The Bertz CT molecular complexity index is 924. The maximum absolute atomic E-state index is 12.4. The van der Waals surface area contributed by atoms with Crippen molar-refractivity contribution in [1.82, 2.24) is 20.2 Å². The number of halogens is 2. The Morgan fingerprint density at radius 3 is 2.67 bits per heavy atom. The first kappa shape index (κ1) is 19.4. The fraction of sp³-hybridized carbons (Fsp3) is 0.333. The number of nitrogens with zero attached hydrogens (tertiary/aromatic N) is 2. The molecule has 0 radical (unpaired) electrons. The molecule has 3 rings (SSSR count). The van der Waals surface area contributed by atoms with E-state index in [4.69, 9.17) is 23.2 Å². The maximum Gasteiger partial charge on any atom is 0.263 e. The standard InChI is InChI=1S/C18H18Cl2N4O3/c1-24-9-10(5-6-16(24)25)22-17(26)12-8-21-15(23-18(12)27)7-11-13(19)3-2-4-14(11)20/h2-4,8,10H,5-7,9H2,1H3,(H,22,26)(H,21,23,27)/t10-/m1/s1. The van der Waals surface area contributed by atoms with Gasteiger partial charge in [-0.15, -0.1) is 0 Å². The van der Waals surface area contributed by atoms with Crippen molar-refractivity contribution in [3.8, 4) is 0 Å². The Morgan fingerprint density at radius 1 is 1.33 bits per heavy atom. The number of carbonyl (C=O) groups is 2. The van der Waals surface area contributed by atoms with Crippen molar-refractivity contribution in [3.63, 3.8) is 0 Å². The van der Waals surface area contributed by atoms with Gasteiger partial charge in [0.2, 0.25) is 5.91 Å². The van der Waals surface area contributed by atoms with E-state index in [1.54, 1.807) is 30.1 Å². The number of carbonyl (C=O) groups excluding carboxylic acids is 2. The van der Waals surface area contributed by atoms with Gasteiger partial charge in [-0.2, -0.15) is 0 Å². The van der Waals surface area contributed by atoms with E-state index in [0.29, 0.717) is 40.8 Å². The van der Waals surface area contributed by atoms with Gasteiger partial charge in [0.15, 0.2) is 0 Å². The van der Waals surface area contributed by atoms with Crippen LogP contribution in [0.3, 0.4) is 0 Å². The van der Waals surface area contributed by atoms with Crippen molar-refractivity contribution in [2.45, 2.75) is 25.3 Å². The van der Waals surface area contributed by atoms with Crippen LogP contribution in [0.15, 0.2) is 29.2 Å². The van der Waals surface area contributed by atoms with Crippen LogP contribution in [0, 0.1) is 0 Å². The summed E-state index contributed by atoms with van der Waals surface area (Å²) < 4.78 is 0. The topological polar surface area (TPSA) is 95.2 Å². The quantitative estimate of drug-likeness (QED) is 0.808. The van der Waals surface area contributed by atoms with Gasteiger partial charge in [0.1, 0.15) is 11.4 Å². The molecule has 1 atom stereocenters. The minimum absolute atomic E-state index is 0.0441. The Morgan fingerprint density at radius 2 is 2.04 bits per heavy atom. The largest absolute Gasteiger partial charge is 0.347 e. The second kappa shape index (κ2) is 8.10. The molecule has 2 amide bonds. The molecule has 1 aliphatic rings. The Hall–Kier alpha value is -2.38. The molecule has 0 aliphatic carbocycles. The van der Waals surface area contributed by atoms with Gasteiger partial charge >= 0.3 is 0 Å². The molecule has 142 valence electrons. The summed E-state index contributed by atoms with van der Waals surface area (Å²) in [5.74, 6) is -0.115. The molecular formula is C18H18Cl2N4O3. The minimum Gasteiger partial charge on any atom is -0.347 e. The van der Waals surface area contributed by atoms with Gasteiger partial charge < -0.3 is 15.2 Å². The fourth-order valence-electron chi connectivity index (χ4n) is 2.95. The zero-order chi connectivity index (χ0) is 19.6. The lowest BCUT2D eigenvalue weighted by molar-refractivity contribution is -0.132. The highest BCUT2D eigenvalue weighted by atomic mass is 35.5. The van der Waals surface area contributed by atoms with Crippen molar-refractivity contribution < 1.29 is 9.59 Å². The molecule has 2 heterocycles. The fourth-order valence-corrected chi connectivity index (χ4v) is 3.48. The van der Waals surface area contributed by atoms with Gasteiger partial charge in [0, 0.05) is 48.7 Å². The first-order valence-corrected chi connectivity index (χ1v) is 9.16. The smallest absolute Gasteiger partial charge is 0.263 e. The first-order chi connectivity index (χ1) is 12.8. The van der Waals surface area contributed by atoms with E-state index in [1.807, 2.05) is 0 Å². The van der Waals surface area contributed by atoms with Crippen LogP contribution in [0.25, 0.3) is 0 Å². The summed E-state index contributed by atoms with van der Waals surface area (Å²) in [6.07, 6.45) is 2.40. The van der Waals surface area contributed by atoms with E-state index >= 15 is 0 Å². The molecule has 0 saturated carbocycles. The average Bonchev–Trinajstić information content (AvgIpc) is 2.61. The Kier molecular flexibility index (Phi) is 5.82. The number of amides is 2. The van der Waals surface area contributed by atoms with Crippen LogP contribution < -0.4 is 10.9 Å². The van der Waals surface area contributed by atoms with E-state index < -0.39 is 11.5 Å². The molecule has 9 heteroatoms. The zero-order valence-corrected chi connectivity index (χ0v) is 16.1. The van der Waals surface area contributed by atoms with Gasteiger partial charge in [-0.1, -0.05) is 29.3 Å². The number of benzene rings is 1. The minimum atomic E-state index is -0.541. The number of hydrogen-bond donors (Lipinski definition) is 2. The molecule has 1 aliphatic heterocycles. The molecule has 0 unspecified atom stereocenters. The van der Waals surface area contributed by atoms with Crippen molar-refractivity contribution in [2.75, 3.05) is 13.6 Å². The molecule has 2 aromatic rings. The van der Waals surface area contributed by atoms with Crippen LogP contribution in [0.5, 0.6) is 0 Å². The molecular weight excluding hydrogens is 391 g/mol. The highest BCUT2D eigenvalue weighted by Crippen LogP contribution is 2.25. The van der Waals surface area contributed by atoms with Gasteiger partial charge in [0.25, 0.3) is 11.5 Å². The lowest BCUT2D eigenvalue weighted by Crippen LogP contribution is -2.49. The molecule has 27 heavy (non-hydrogen) atoms. The predicted octanol–water partition coefficient (Wildman–Crippen LogP) is 2.02.